The molecule has 2 aromatic carbocycles. The summed E-state index contributed by atoms with van der Waals surface area (Å²) >= 11 is 5.87. The number of hydrogen-bond donors (Lipinski definition) is 1. The van der Waals surface area contributed by atoms with Crippen LogP contribution in [-0.4, -0.2) is 25.7 Å². The highest BCUT2D eigenvalue weighted by molar-refractivity contribution is 6.30. The third-order valence-corrected chi connectivity index (χ3v) is 4.76. The SMILES string of the molecule is O=C(CCc1ncc(-c2ccc(Cl)cc2)o1)Nc1cc(C(F)(F)F)ccc1-n1cncn1. The van der Waals surface area contributed by atoms with Crippen LogP contribution in [0.3, 0.4) is 0 Å². The normalized spacial score (nSPS) is 11.5. The molecule has 4 aromatic rings. The van der Waals surface area contributed by atoms with Gasteiger partial charge in [0.25, 0.3) is 0 Å². The number of rotatable bonds is 6. The van der Waals surface area contributed by atoms with Gasteiger partial charge in [-0.05, 0) is 42.5 Å². The Balaban J connectivity index is 1.46. The number of aryl methyl sites for hydroxylation is 1. The van der Waals surface area contributed by atoms with Gasteiger partial charge in [-0.2, -0.15) is 18.3 Å². The molecule has 4 rings (SSSR count). The monoisotopic (exact) mass is 461 g/mol. The number of benzene rings is 2. The fourth-order valence-corrected chi connectivity index (χ4v) is 3.08. The second-order valence-electron chi connectivity index (χ2n) is 6.74. The van der Waals surface area contributed by atoms with Crippen molar-refractivity contribution in [1.82, 2.24) is 19.7 Å². The van der Waals surface area contributed by atoms with E-state index in [0.717, 1.165) is 17.7 Å². The van der Waals surface area contributed by atoms with Crippen LogP contribution >= 0.6 is 11.6 Å². The van der Waals surface area contributed by atoms with Crippen molar-refractivity contribution in [2.45, 2.75) is 19.0 Å². The van der Waals surface area contributed by atoms with Gasteiger partial charge in [-0.3, -0.25) is 4.79 Å². The Hall–Kier alpha value is -3.66. The molecular weight excluding hydrogens is 447 g/mol. The van der Waals surface area contributed by atoms with Gasteiger partial charge in [0.05, 0.1) is 23.1 Å². The summed E-state index contributed by atoms with van der Waals surface area (Å²) in [4.78, 5) is 20.4. The molecule has 2 aromatic heterocycles. The van der Waals surface area contributed by atoms with Gasteiger partial charge in [0.1, 0.15) is 12.7 Å². The smallest absolute Gasteiger partial charge is 0.416 e. The van der Waals surface area contributed by atoms with Crippen LogP contribution in [0, 0.1) is 0 Å². The first-order chi connectivity index (χ1) is 15.3. The second kappa shape index (κ2) is 8.83. The Morgan fingerprint density at radius 2 is 1.94 bits per heavy atom. The Bertz CT molecular complexity index is 1220. The molecule has 0 bridgehead atoms. The predicted molar refractivity (Wildman–Crippen MR) is 110 cm³/mol. The standard InChI is InChI=1S/C21H15ClF3N5O2/c22-15-4-1-13(2-5-15)18-10-27-20(32-18)8-7-19(31)29-16-9-14(21(23,24)25)3-6-17(16)30-12-26-11-28-30/h1-6,9-12H,7-8H2,(H,29,31). The molecule has 0 spiro atoms. The molecule has 0 atom stereocenters. The Morgan fingerprint density at radius 1 is 1.16 bits per heavy atom. The summed E-state index contributed by atoms with van der Waals surface area (Å²) < 4.78 is 46.3. The zero-order valence-electron chi connectivity index (χ0n) is 16.3. The van der Waals surface area contributed by atoms with Crippen molar-refractivity contribution in [3.63, 3.8) is 0 Å². The lowest BCUT2D eigenvalue weighted by Crippen LogP contribution is -2.16. The van der Waals surface area contributed by atoms with Gasteiger partial charge >= 0.3 is 6.18 Å². The van der Waals surface area contributed by atoms with Crippen LogP contribution in [0.1, 0.15) is 17.9 Å². The fraction of sp³-hybridized carbons (Fsp3) is 0.143. The minimum absolute atomic E-state index is 0.0374. The van der Waals surface area contributed by atoms with Crippen LogP contribution in [0.2, 0.25) is 5.02 Å². The minimum Gasteiger partial charge on any atom is -0.441 e. The number of nitrogens with one attached hydrogen (secondary N) is 1. The first-order valence-corrected chi connectivity index (χ1v) is 9.74. The van der Waals surface area contributed by atoms with E-state index in [2.05, 4.69) is 20.4 Å². The summed E-state index contributed by atoms with van der Waals surface area (Å²) in [6.07, 6.45) is -0.347. The van der Waals surface area contributed by atoms with E-state index in [1.807, 2.05) is 0 Å². The second-order valence-corrected chi connectivity index (χ2v) is 7.18. The van der Waals surface area contributed by atoms with E-state index >= 15 is 0 Å². The van der Waals surface area contributed by atoms with Crippen LogP contribution in [0.4, 0.5) is 18.9 Å². The third-order valence-electron chi connectivity index (χ3n) is 4.51. The van der Waals surface area contributed by atoms with Crippen LogP contribution in [-0.2, 0) is 17.4 Å². The number of carbonyl (C=O) groups is 1. The van der Waals surface area contributed by atoms with Gasteiger partial charge in [0, 0.05) is 23.4 Å². The number of hydrogen-bond acceptors (Lipinski definition) is 5. The van der Waals surface area contributed by atoms with Crippen LogP contribution in [0.15, 0.2) is 65.7 Å². The Kier molecular flexibility index (Phi) is 5.95. The van der Waals surface area contributed by atoms with E-state index < -0.39 is 17.6 Å². The maximum Gasteiger partial charge on any atom is 0.416 e. The highest BCUT2D eigenvalue weighted by Crippen LogP contribution is 2.33. The average Bonchev–Trinajstić information content (AvgIpc) is 3.44. The number of anilines is 1. The number of alkyl halides is 3. The molecule has 32 heavy (non-hydrogen) atoms. The van der Waals surface area contributed by atoms with E-state index in [9.17, 15) is 18.0 Å². The van der Waals surface area contributed by atoms with Crippen LogP contribution < -0.4 is 5.32 Å². The summed E-state index contributed by atoms with van der Waals surface area (Å²) in [6, 6.07) is 9.98. The Labute approximate surface area is 184 Å². The van der Waals surface area contributed by atoms with Crippen molar-refractivity contribution in [2.75, 3.05) is 5.32 Å². The number of aromatic nitrogens is 4. The number of carbonyl (C=O) groups excluding carboxylic acids is 1. The van der Waals surface area contributed by atoms with Gasteiger partial charge in [-0.15, -0.1) is 0 Å². The van der Waals surface area contributed by atoms with Gasteiger partial charge in [-0.1, -0.05) is 11.6 Å². The highest BCUT2D eigenvalue weighted by atomic mass is 35.5. The molecule has 7 nitrogen and oxygen atoms in total. The summed E-state index contributed by atoms with van der Waals surface area (Å²) in [6.45, 7) is 0. The molecule has 0 aliphatic carbocycles. The van der Waals surface area contributed by atoms with Crippen LogP contribution in [0.5, 0.6) is 0 Å². The number of oxazole rings is 1. The molecule has 0 saturated carbocycles. The minimum atomic E-state index is -4.56. The quantitative estimate of drug-likeness (QED) is 0.428. The number of nitrogens with zero attached hydrogens (tertiary/aromatic N) is 4. The van der Waals surface area contributed by atoms with E-state index in [-0.39, 0.29) is 24.2 Å². The van der Waals surface area contributed by atoms with Crippen molar-refractivity contribution in [3.05, 3.63) is 77.8 Å². The molecule has 0 radical (unpaired) electrons. The summed E-state index contributed by atoms with van der Waals surface area (Å²) in [5.74, 6) is 0.339. The zero-order valence-corrected chi connectivity index (χ0v) is 17.1. The lowest BCUT2D eigenvalue weighted by atomic mass is 10.1. The van der Waals surface area contributed by atoms with E-state index in [4.69, 9.17) is 16.0 Å². The molecule has 0 fully saturated rings. The van der Waals surface area contributed by atoms with E-state index in [1.165, 1.54) is 29.6 Å². The largest absolute Gasteiger partial charge is 0.441 e. The first kappa shape index (κ1) is 21.6. The van der Waals surface area contributed by atoms with E-state index in [1.54, 1.807) is 24.3 Å². The summed E-state index contributed by atoms with van der Waals surface area (Å²) in [5.41, 5.74) is 0.102. The Morgan fingerprint density at radius 3 is 2.62 bits per heavy atom. The van der Waals surface area contributed by atoms with Crippen molar-refractivity contribution in [3.8, 4) is 17.0 Å². The molecule has 1 amide bonds. The molecule has 164 valence electrons. The lowest BCUT2D eigenvalue weighted by molar-refractivity contribution is -0.137. The summed E-state index contributed by atoms with van der Waals surface area (Å²) in [5, 5.41) is 7.02. The maximum absolute atomic E-state index is 13.1. The molecular formula is C21H15ClF3N5O2. The fourth-order valence-electron chi connectivity index (χ4n) is 2.95. The van der Waals surface area contributed by atoms with Crippen molar-refractivity contribution >= 4 is 23.2 Å². The zero-order chi connectivity index (χ0) is 22.7. The van der Waals surface area contributed by atoms with Crippen LogP contribution in [0.25, 0.3) is 17.0 Å². The predicted octanol–water partition coefficient (Wildman–Crippen LogP) is 5.17. The molecule has 1 N–H and O–H groups in total. The first-order valence-electron chi connectivity index (χ1n) is 9.36. The molecule has 2 heterocycles. The lowest BCUT2D eigenvalue weighted by Gasteiger charge is -2.14. The average molecular weight is 462 g/mol. The van der Waals surface area contributed by atoms with Crippen molar-refractivity contribution in [2.24, 2.45) is 0 Å². The molecule has 0 unspecified atom stereocenters. The molecule has 0 aliphatic heterocycles. The topological polar surface area (TPSA) is 85.8 Å². The summed E-state index contributed by atoms with van der Waals surface area (Å²) in [7, 11) is 0. The van der Waals surface area contributed by atoms with Gasteiger partial charge in [0.2, 0.25) is 5.91 Å². The van der Waals surface area contributed by atoms with E-state index in [0.29, 0.717) is 16.7 Å². The highest BCUT2D eigenvalue weighted by Gasteiger charge is 2.31. The van der Waals surface area contributed by atoms with Crippen molar-refractivity contribution in [1.29, 1.82) is 0 Å². The number of amides is 1. The van der Waals surface area contributed by atoms with Gasteiger partial charge < -0.3 is 9.73 Å². The molecule has 0 aliphatic rings. The van der Waals surface area contributed by atoms with Gasteiger partial charge in [-0.25, -0.2) is 14.6 Å². The third kappa shape index (κ3) is 4.97. The molecule has 0 saturated heterocycles. The van der Waals surface area contributed by atoms with Gasteiger partial charge in [0.15, 0.2) is 11.7 Å². The van der Waals surface area contributed by atoms with Crippen molar-refractivity contribution < 1.29 is 22.4 Å². The maximum atomic E-state index is 13.1. The molecule has 11 heteroatoms. The number of halogens is 4.